The number of hydrogen-bond acceptors (Lipinski definition) is 5. The number of rotatable bonds is 4. The van der Waals surface area contributed by atoms with Crippen LogP contribution in [0.2, 0.25) is 0 Å². The molecule has 0 aromatic carbocycles. The van der Waals surface area contributed by atoms with Gasteiger partial charge >= 0.3 is 0 Å². The molecule has 19 heavy (non-hydrogen) atoms. The Balaban J connectivity index is 2.17. The maximum atomic E-state index is 5.17. The molecule has 2 rings (SSSR count). The Morgan fingerprint density at radius 1 is 1.16 bits per heavy atom. The second kappa shape index (κ2) is 5.63. The highest BCUT2D eigenvalue weighted by atomic mass is 16.5. The van der Waals surface area contributed by atoms with Gasteiger partial charge in [-0.05, 0) is 18.3 Å². The Labute approximate surface area is 114 Å². The van der Waals surface area contributed by atoms with E-state index in [-0.39, 0.29) is 5.41 Å². The molecule has 1 atom stereocenters. The highest BCUT2D eigenvalue weighted by Gasteiger charge is 2.32. The Hall–Kier alpha value is -1.52. The van der Waals surface area contributed by atoms with E-state index in [9.17, 15) is 0 Å². The van der Waals surface area contributed by atoms with Crippen LogP contribution in [0.4, 0.5) is 5.95 Å². The number of nitrogens with zero attached hydrogens (tertiary/aromatic N) is 2. The van der Waals surface area contributed by atoms with Gasteiger partial charge in [0.1, 0.15) is 0 Å². The summed E-state index contributed by atoms with van der Waals surface area (Å²) in [6, 6.07) is 2.06. The number of methoxy groups -OCH3 is 2. The first-order valence-corrected chi connectivity index (χ1v) is 6.79. The number of nitrogens with one attached hydrogen (secondary N) is 1. The molecule has 1 unspecified atom stereocenters. The lowest BCUT2D eigenvalue weighted by molar-refractivity contribution is 0.216. The van der Waals surface area contributed by atoms with Crippen molar-refractivity contribution < 1.29 is 9.47 Å². The highest BCUT2D eigenvalue weighted by Crippen LogP contribution is 2.37. The second-order valence-electron chi connectivity index (χ2n) is 5.71. The molecular formula is C14H23N3O2. The van der Waals surface area contributed by atoms with Crippen molar-refractivity contribution in [3.05, 3.63) is 6.07 Å². The molecule has 5 heteroatoms. The summed E-state index contributed by atoms with van der Waals surface area (Å²) in [6.45, 7) is 4.59. The minimum Gasteiger partial charge on any atom is -0.481 e. The minimum absolute atomic E-state index is 0.262. The normalized spacial score (nSPS) is 21.8. The van der Waals surface area contributed by atoms with Crippen LogP contribution in [0.5, 0.6) is 11.8 Å². The zero-order valence-corrected chi connectivity index (χ0v) is 12.2. The third kappa shape index (κ3) is 3.28. The summed E-state index contributed by atoms with van der Waals surface area (Å²) in [6.07, 6.45) is 4.93. The van der Waals surface area contributed by atoms with Gasteiger partial charge in [0.25, 0.3) is 0 Å². The van der Waals surface area contributed by atoms with Gasteiger partial charge in [0.05, 0.1) is 20.3 Å². The topological polar surface area (TPSA) is 56.3 Å². The SMILES string of the molecule is COc1cc(OC)nc(NC2CCCCC2(C)C)n1. The fraction of sp³-hybridized carbons (Fsp3) is 0.714. The van der Waals surface area contributed by atoms with Gasteiger partial charge in [-0.2, -0.15) is 9.97 Å². The smallest absolute Gasteiger partial charge is 0.229 e. The first-order valence-electron chi connectivity index (χ1n) is 6.79. The Morgan fingerprint density at radius 3 is 2.32 bits per heavy atom. The summed E-state index contributed by atoms with van der Waals surface area (Å²) < 4.78 is 10.3. The lowest BCUT2D eigenvalue weighted by Gasteiger charge is -2.39. The molecule has 5 nitrogen and oxygen atoms in total. The Bertz CT molecular complexity index is 412. The number of anilines is 1. The minimum atomic E-state index is 0.262. The molecule has 0 amide bonds. The van der Waals surface area contributed by atoms with E-state index in [2.05, 4.69) is 29.1 Å². The average molecular weight is 265 g/mol. The van der Waals surface area contributed by atoms with Crippen molar-refractivity contribution in [3.63, 3.8) is 0 Å². The Morgan fingerprint density at radius 2 is 1.79 bits per heavy atom. The largest absolute Gasteiger partial charge is 0.481 e. The van der Waals surface area contributed by atoms with E-state index in [1.54, 1.807) is 20.3 Å². The Kier molecular flexibility index (Phi) is 4.12. The van der Waals surface area contributed by atoms with Gasteiger partial charge in [-0.3, -0.25) is 0 Å². The van der Waals surface area contributed by atoms with Crippen LogP contribution in [0.3, 0.4) is 0 Å². The first kappa shape index (κ1) is 13.9. The summed E-state index contributed by atoms with van der Waals surface area (Å²) in [5.74, 6) is 1.61. The number of ether oxygens (including phenoxy) is 2. The lowest BCUT2D eigenvalue weighted by Crippen LogP contribution is -2.39. The highest BCUT2D eigenvalue weighted by molar-refractivity contribution is 5.35. The quantitative estimate of drug-likeness (QED) is 0.907. The fourth-order valence-electron chi connectivity index (χ4n) is 2.60. The molecule has 1 aromatic rings. The van der Waals surface area contributed by atoms with Gasteiger partial charge in [0.2, 0.25) is 17.7 Å². The molecule has 1 heterocycles. The molecule has 1 N–H and O–H groups in total. The van der Waals surface area contributed by atoms with Gasteiger partial charge < -0.3 is 14.8 Å². The predicted molar refractivity (Wildman–Crippen MR) is 74.8 cm³/mol. The van der Waals surface area contributed by atoms with Gasteiger partial charge in [-0.25, -0.2) is 0 Å². The van der Waals surface area contributed by atoms with Crippen LogP contribution < -0.4 is 14.8 Å². The van der Waals surface area contributed by atoms with Crippen LogP contribution in [-0.4, -0.2) is 30.2 Å². The van der Waals surface area contributed by atoms with Crippen LogP contribution in [0.15, 0.2) is 6.07 Å². The van der Waals surface area contributed by atoms with E-state index < -0.39 is 0 Å². The first-order chi connectivity index (χ1) is 9.05. The number of aromatic nitrogens is 2. The maximum absolute atomic E-state index is 5.17. The predicted octanol–water partition coefficient (Wildman–Crippen LogP) is 2.87. The molecule has 106 valence electrons. The van der Waals surface area contributed by atoms with Crippen LogP contribution in [0.1, 0.15) is 39.5 Å². The zero-order valence-electron chi connectivity index (χ0n) is 12.2. The standard InChI is InChI=1S/C14H23N3O2/c1-14(2)8-6-5-7-10(14)15-13-16-11(18-3)9-12(17-13)19-4/h9-10H,5-8H2,1-4H3,(H,15,16,17). The molecule has 0 bridgehead atoms. The fourth-order valence-corrected chi connectivity index (χ4v) is 2.60. The van der Waals surface area contributed by atoms with Crippen LogP contribution in [-0.2, 0) is 0 Å². The van der Waals surface area contributed by atoms with E-state index in [4.69, 9.17) is 9.47 Å². The van der Waals surface area contributed by atoms with Crippen molar-refractivity contribution in [1.82, 2.24) is 9.97 Å². The molecule has 0 aliphatic heterocycles. The molecule has 1 aliphatic carbocycles. The van der Waals surface area contributed by atoms with Gasteiger partial charge in [0, 0.05) is 6.04 Å². The van der Waals surface area contributed by atoms with Crippen molar-refractivity contribution in [1.29, 1.82) is 0 Å². The third-order valence-corrected chi connectivity index (χ3v) is 3.91. The van der Waals surface area contributed by atoms with Gasteiger partial charge in [-0.15, -0.1) is 0 Å². The molecular weight excluding hydrogens is 242 g/mol. The number of hydrogen-bond donors (Lipinski definition) is 1. The van der Waals surface area contributed by atoms with E-state index in [1.807, 2.05) is 0 Å². The summed E-state index contributed by atoms with van der Waals surface area (Å²) in [5.41, 5.74) is 0.262. The van der Waals surface area contributed by atoms with Gasteiger partial charge in [-0.1, -0.05) is 26.7 Å². The monoisotopic (exact) mass is 265 g/mol. The van der Waals surface area contributed by atoms with Crippen LogP contribution >= 0.6 is 0 Å². The molecule has 0 radical (unpaired) electrons. The zero-order chi connectivity index (χ0) is 13.9. The van der Waals surface area contributed by atoms with Crippen molar-refractivity contribution in [3.8, 4) is 11.8 Å². The van der Waals surface area contributed by atoms with E-state index in [1.165, 1.54) is 19.3 Å². The van der Waals surface area contributed by atoms with Crippen molar-refractivity contribution in [2.45, 2.75) is 45.6 Å². The lowest BCUT2D eigenvalue weighted by atomic mass is 9.73. The van der Waals surface area contributed by atoms with Crippen LogP contribution in [0, 0.1) is 5.41 Å². The summed E-state index contributed by atoms with van der Waals surface area (Å²) in [4.78, 5) is 8.67. The van der Waals surface area contributed by atoms with E-state index >= 15 is 0 Å². The summed E-state index contributed by atoms with van der Waals surface area (Å²) >= 11 is 0. The van der Waals surface area contributed by atoms with Crippen molar-refractivity contribution in [2.75, 3.05) is 19.5 Å². The third-order valence-electron chi connectivity index (χ3n) is 3.91. The molecule has 1 saturated carbocycles. The molecule has 0 spiro atoms. The molecule has 1 aromatic heterocycles. The van der Waals surface area contributed by atoms with E-state index in [0.717, 1.165) is 6.42 Å². The van der Waals surface area contributed by atoms with Crippen molar-refractivity contribution in [2.24, 2.45) is 5.41 Å². The average Bonchev–Trinajstić information content (AvgIpc) is 2.40. The molecule has 0 saturated heterocycles. The molecule has 1 aliphatic rings. The molecule has 1 fully saturated rings. The van der Waals surface area contributed by atoms with E-state index in [0.29, 0.717) is 23.8 Å². The van der Waals surface area contributed by atoms with Gasteiger partial charge in [0.15, 0.2) is 0 Å². The summed E-state index contributed by atoms with van der Waals surface area (Å²) in [5, 5.41) is 3.44. The van der Waals surface area contributed by atoms with Crippen LogP contribution in [0.25, 0.3) is 0 Å². The van der Waals surface area contributed by atoms with Crippen molar-refractivity contribution >= 4 is 5.95 Å². The summed E-state index contributed by atoms with van der Waals surface area (Å²) in [7, 11) is 3.19. The maximum Gasteiger partial charge on any atom is 0.229 e. The second-order valence-corrected chi connectivity index (χ2v) is 5.71.